The van der Waals surface area contributed by atoms with Crippen molar-refractivity contribution in [2.45, 2.75) is 52.2 Å². The molecule has 14 heteroatoms. The maximum atomic E-state index is 13.5. The molecule has 0 amide bonds. The van der Waals surface area contributed by atoms with E-state index in [4.69, 9.17) is 13.8 Å². The van der Waals surface area contributed by atoms with Crippen LogP contribution in [0.15, 0.2) is 46.1 Å². The highest BCUT2D eigenvalue weighted by Gasteiger charge is 2.38. The van der Waals surface area contributed by atoms with Crippen LogP contribution in [0.5, 0.6) is 0 Å². The van der Waals surface area contributed by atoms with Crippen LogP contribution < -0.4 is 16.3 Å². The molecule has 2 aromatic rings. The third-order valence-electron chi connectivity index (χ3n) is 5.91. The summed E-state index contributed by atoms with van der Waals surface area (Å²) >= 11 is 0.958. The zero-order chi connectivity index (χ0) is 27.9. The van der Waals surface area contributed by atoms with Crippen molar-refractivity contribution < 1.29 is 33.4 Å². The number of carbonyl (C=O) groups excluding carboxylic acids is 1. The van der Waals surface area contributed by atoms with Crippen LogP contribution in [0.25, 0.3) is 0 Å². The molecule has 0 saturated carbocycles. The Hall–Kier alpha value is -2.09. The number of carbonyl (C=O) groups is 1. The lowest BCUT2D eigenvalue weighted by Crippen LogP contribution is -2.33. The minimum Gasteiger partial charge on any atom is -0.395 e. The molecule has 1 fully saturated rings. The Morgan fingerprint density at radius 2 is 2.00 bits per heavy atom. The highest BCUT2D eigenvalue weighted by atomic mass is 32.2. The van der Waals surface area contributed by atoms with Gasteiger partial charge in [-0.3, -0.25) is 28.2 Å². The number of aliphatic hydroxyl groups excluding tert-OH is 2. The number of rotatable bonds is 13. The molecule has 38 heavy (non-hydrogen) atoms. The van der Waals surface area contributed by atoms with Gasteiger partial charge < -0.3 is 14.9 Å². The molecule has 4 N–H and O–H groups in total. The van der Waals surface area contributed by atoms with Gasteiger partial charge in [-0.2, -0.15) is 0 Å². The average Bonchev–Trinajstić information content (AvgIpc) is 3.27. The molecule has 1 aromatic heterocycles. The predicted molar refractivity (Wildman–Crippen MR) is 142 cm³/mol. The molecule has 1 aromatic carbocycles. The van der Waals surface area contributed by atoms with Gasteiger partial charge in [0.05, 0.1) is 31.3 Å². The van der Waals surface area contributed by atoms with Crippen molar-refractivity contribution in [2.75, 3.05) is 25.6 Å². The first-order valence-corrected chi connectivity index (χ1v) is 14.6. The SMILES string of the molecule is Cc1cn([C@@H]2CC(O)[C@H](COP(=O)(NCc3ccccc3)OCCSC(=O)C(C)(C)CO)O2)c(=O)[nH]c1=O. The van der Waals surface area contributed by atoms with Crippen LogP contribution in [0.2, 0.25) is 0 Å². The summed E-state index contributed by atoms with van der Waals surface area (Å²) in [6.45, 7) is 4.28. The first kappa shape index (κ1) is 30.5. The van der Waals surface area contributed by atoms with E-state index in [0.717, 1.165) is 17.3 Å². The number of H-pyrrole nitrogens is 1. The van der Waals surface area contributed by atoms with Crippen molar-refractivity contribution in [1.29, 1.82) is 0 Å². The van der Waals surface area contributed by atoms with Crippen LogP contribution in [-0.4, -0.2) is 62.7 Å². The van der Waals surface area contributed by atoms with E-state index in [1.165, 1.54) is 10.8 Å². The fourth-order valence-corrected chi connectivity index (χ4v) is 5.71. The molecule has 210 valence electrons. The molecule has 0 radical (unpaired) electrons. The van der Waals surface area contributed by atoms with Gasteiger partial charge in [-0.15, -0.1) is 0 Å². The summed E-state index contributed by atoms with van der Waals surface area (Å²) < 4.78 is 31.7. The number of nitrogens with one attached hydrogen (secondary N) is 2. The smallest absolute Gasteiger partial charge is 0.395 e. The summed E-state index contributed by atoms with van der Waals surface area (Å²) in [6.07, 6.45) is -1.39. The van der Waals surface area contributed by atoms with E-state index in [1.807, 2.05) is 30.3 Å². The molecule has 1 aliphatic heterocycles. The molecule has 0 aliphatic carbocycles. The van der Waals surface area contributed by atoms with E-state index in [-0.39, 0.29) is 43.7 Å². The van der Waals surface area contributed by atoms with Gasteiger partial charge >= 0.3 is 13.4 Å². The van der Waals surface area contributed by atoms with E-state index in [0.29, 0.717) is 5.56 Å². The van der Waals surface area contributed by atoms with Crippen molar-refractivity contribution in [3.05, 3.63) is 68.5 Å². The van der Waals surface area contributed by atoms with Gasteiger partial charge in [-0.25, -0.2) is 14.4 Å². The molecular weight excluding hydrogens is 537 g/mol. The minimum absolute atomic E-state index is 0.0570. The Kier molecular flexibility index (Phi) is 10.7. The van der Waals surface area contributed by atoms with Gasteiger partial charge in [0.25, 0.3) is 5.56 Å². The molecule has 0 spiro atoms. The minimum atomic E-state index is -3.92. The van der Waals surface area contributed by atoms with Crippen molar-refractivity contribution in [2.24, 2.45) is 5.41 Å². The Bertz CT molecular complexity index is 1250. The number of aryl methyl sites for hydroxylation is 1. The van der Waals surface area contributed by atoms with Crippen molar-refractivity contribution >= 4 is 24.6 Å². The third kappa shape index (κ3) is 8.20. The second-order valence-corrected chi connectivity index (χ2v) is 12.4. The number of ether oxygens (including phenoxy) is 1. The number of benzene rings is 1. The van der Waals surface area contributed by atoms with E-state index in [9.17, 15) is 29.2 Å². The highest BCUT2D eigenvalue weighted by Crippen LogP contribution is 2.45. The van der Waals surface area contributed by atoms with Gasteiger partial charge in [0.15, 0.2) is 5.12 Å². The fraction of sp³-hybridized carbons (Fsp3) is 0.542. The number of aromatic amines is 1. The van der Waals surface area contributed by atoms with Gasteiger partial charge in [-0.05, 0) is 26.3 Å². The molecule has 0 bridgehead atoms. The molecule has 4 atom stereocenters. The third-order valence-corrected chi connectivity index (χ3v) is 8.66. The summed E-state index contributed by atoms with van der Waals surface area (Å²) in [5.74, 6) is 0.182. The second kappa shape index (κ2) is 13.3. The maximum Gasteiger partial charge on any atom is 0.405 e. The Morgan fingerprint density at radius 3 is 2.68 bits per heavy atom. The monoisotopic (exact) mass is 571 g/mol. The average molecular weight is 572 g/mol. The predicted octanol–water partition coefficient (Wildman–Crippen LogP) is 1.70. The highest BCUT2D eigenvalue weighted by molar-refractivity contribution is 8.13. The number of aliphatic hydroxyl groups is 2. The van der Waals surface area contributed by atoms with Gasteiger partial charge in [0.1, 0.15) is 12.3 Å². The lowest BCUT2D eigenvalue weighted by atomic mass is 9.97. The van der Waals surface area contributed by atoms with Crippen molar-refractivity contribution in [3.63, 3.8) is 0 Å². The number of hydrogen-bond donors (Lipinski definition) is 4. The van der Waals surface area contributed by atoms with E-state index >= 15 is 0 Å². The Labute approximate surface area is 224 Å². The van der Waals surface area contributed by atoms with Gasteiger partial charge in [0, 0.05) is 30.5 Å². The Morgan fingerprint density at radius 1 is 1.29 bits per heavy atom. The zero-order valence-corrected chi connectivity index (χ0v) is 23.2. The fourth-order valence-electron chi connectivity index (χ4n) is 3.47. The van der Waals surface area contributed by atoms with Crippen LogP contribution in [0, 0.1) is 12.3 Å². The van der Waals surface area contributed by atoms with Crippen LogP contribution in [0.1, 0.15) is 37.6 Å². The summed E-state index contributed by atoms with van der Waals surface area (Å²) in [6, 6.07) is 9.18. The number of aromatic nitrogens is 2. The van der Waals surface area contributed by atoms with Crippen molar-refractivity contribution in [1.82, 2.24) is 14.6 Å². The topological polar surface area (TPSA) is 169 Å². The first-order chi connectivity index (χ1) is 17.9. The quantitative estimate of drug-likeness (QED) is 0.204. The van der Waals surface area contributed by atoms with Crippen molar-refractivity contribution in [3.8, 4) is 0 Å². The molecule has 1 saturated heterocycles. The van der Waals surface area contributed by atoms with Gasteiger partial charge in [0.2, 0.25) is 0 Å². The van der Waals surface area contributed by atoms with Crippen LogP contribution in [0.3, 0.4) is 0 Å². The first-order valence-electron chi connectivity index (χ1n) is 12.1. The molecule has 2 heterocycles. The molecule has 12 nitrogen and oxygen atoms in total. The standard InChI is InChI=1S/C24H34N3O9PS/c1-16-13-27(23(32)26-21(16)30)20-11-18(29)19(36-20)14-35-37(33,25-12-17-7-5-4-6-8-17)34-9-10-38-22(31)24(2,3)15-28/h4-8,13,18-20,28-29H,9-12,14-15H2,1-3H3,(H,25,33)(H,26,30,32)/t18?,19-,20-,37?/m0/s1. The zero-order valence-electron chi connectivity index (χ0n) is 21.5. The van der Waals surface area contributed by atoms with Gasteiger partial charge in [-0.1, -0.05) is 42.1 Å². The maximum absolute atomic E-state index is 13.5. The summed E-state index contributed by atoms with van der Waals surface area (Å²) in [7, 11) is -3.92. The lowest BCUT2D eigenvalue weighted by molar-refractivity contribution is -0.119. The van der Waals surface area contributed by atoms with E-state index < -0.39 is 42.8 Å². The number of thioether (sulfide) groups is 1. The normalized spacial score (nSPS) is 21.3. The second-order valence-electron chi connectivity index (χ2n) is 9.54. The van der Waals surface area contributed by atoms with Crippen LogP contribution in [-0.2, 0) is 29.7 Å². The van der Waals surface area contributed by atoms with E-state index in [2.05, 4.69) is 10.1 Å². The largest absolute Gasteiger partial charge is 0.405 e. The summed E-state index contributed by atoms with van der Waals surface area (Å²) in [5.41, 5.74) is -0.945. The summed E-state index contributed by atoms with van der Waals surface area (Å²) in [4.78, 5) is 38.3. The molecule has 2 unspecified atom stereocenters. The molecule has 3 rings (SSSR count). The molecule has 1 aliphatic rings. The lowest BCUT2D eigenvalue weighted by Gasteiger charge is -2.23. The van der Waals surface area contributed by atoms with Crippen LogP contribution >= 0.6 is 19.5 Å². The number of hydrogen-bond acceptors (Lipinski definition) is 10. The Balaban J connectivity index is 1.63. The number of nitrogens with zero attached hydrogens (tertiary/aromatic N) is 1. The molecular formula is C24H34N3O9PS. The van der Waals surface area contributed by atoms with E-state index in [1.54, 1.807) is 20.8 Å². The van der Waals surface area contributed by atoms with Crippen LogP contribution in [0.4, 0.5) is 0 Å². The summed E-state index contributed by atoms with van der Waals surface area (Å²) in [5, 5.41) is 22.4.